The van der Waals surface area contributed by atoms with Crippen molar-refractivity contribution in [3.8, 4) is 0 Å². The third-order valence-corrected chi connectivity index (χ3v) is 4.74. The van der Waals surface area contributed by atoms with Crippen LogP contribution in [0.1, 0.15) is 43.8 Å². The van der Waals surface area contributed by atoms with Crippen LogP contribution in [-0.2, 0) is 6.42 Å². The van der Waals surface area contributed by atoms with Gasteiger partial charge in [0.25, 0.3) is 5.91 Å². The number of aromatic carboxylic acids is 1. The molecule has 2 aromatic carbocycles. The lowest BCUT2D eigenvalue weighted by Gasteiger charge is -2.17. The number of carbonyl (C=O) groups is 2. The van der Waals surface area contributed by atoms with Gasteiger partial charge in [-0.25, -0.2) is 4.79 Å². The van der Waals surface area contributed by atoms with Crippen molar-refractivity contribution in [3.63, 3.8) is 0 Å². The molecule has 1 fully saturated rings. The molecule has 1 N–H and O–H groups in total. The van der Waals surface area contributed by atoms with Crippen LogP contribution in [0.5, 0.6) is 0 Å². The highest BCUT2D eigenvalue weighted by Crippen LogP contribution is 2.23. The van der Waals surface area contributed by atoms with Crippen molar-refractivity contribution in [2.24, 2.45) is 5.92 Å². The van der Waals surface area contributed by atoms with Gasteiger partial charge in [-0.15, -0.1) is 0 Å². The second kappa shape index (κ2) is 7.09. The van der Waals surface area contributed by atoms with Crippen LogP contribution in [0, 0.1) is 19.8 Å². The minimum atomic E-state index is -0.903. The molecule has 130 valence electrons. The Hall–Kier alpha value is -2.62. The molecule has 0 aliphatic carbocycles. The zero-order valence-electron chi connectivity index (χ0n) is 14.7. The first-order valence-electron chi connectivity index (χ1n) is 8.62. The molecular weight excluding hydrogens is 314 g/mol. The zero-order chi connectivity index (χ0) is 18.0. The first kappa shape index (κ1) is 17.2. The SMILES string of the molecule is Cc1cc(C)cc(C(=O)N2CC[C@@H](Cc3cccc(C(=O)O)c3)C2)c1. The van der Waals surface area contributed by atoms with Crippen molar-refractivity contribution >= 4 is 11.9 Å². The van der Waals surface area contributed by atoms with Gasteiger partial charge in [-0.1, -0.05) is 29.3 Å². The number of benzene rings is 2. The molecule has 3 rings (SSSR count). The summed E-state index contributed by atoms with van der Waals surface area (Å²) in [6, 6.07) is 13.0. The largest absolute Gasteiger partial charge is 0.478 e. The van der Waals surface area contributed by atoms with Gasteiger partial charge in [-0.05, 0) is 62.4 Å². The predicted molar refractivity (Wildman–Crippen MR) is 97.0 cm³/mol. The van der Waals surface area contributed by atoms with E-state index < -0.39 is 5.97 Å². The topological polar surface area (TPSA) is 57.6 Å². The molecule has 1 saturated heterocycles. The predicted octanol–water partition coefficient (Wildman–Crippen LogP) is 3.71. The summed E-state index contributed by atoms with van der Waals surface area (Å²) in [5, 5.41) is 9.10. The molecule has 1 aliphatic rings. The Morgan fingerprint density at radius 3 is 2.48 bits per heavy atom. The number of amides is 1. The quantitative estimate of drug-likeness (QED) is 0.925. The highest BCUT2D eigenvalue weighted by Gasteiger charge is 2.27. The van der Waals surface area contributed by atoms with Crippen molar-refractivity contribution in [2.75, 3.05) is 13.1 Å². The lowest BCUT2D eigenvalue weighted by Crippen LogP contribution is -2.29. The maximum atomic E-state index is 12.7. The van der Waals surface area contributed by atoms with E-state index in [4.69, 9.17) is 5.11 Å². The van der Waals surface area contributed by atoms with E-state index in [1.165, 1.54) is 0 Å². The molecule has 0 saturated carbocycles. The molecule has 1 heterocycles. The standard InChI is InChI=1S/C21H23NO3/c1-14-8-15(2)10-19(9-14)20(23)22-7-6-17(13-22)11-16-4-3-5-18(12-16)21(24)25/h3-5,8-10,12,17H,6-7,11,13H2,1-2H3,(H,24,25)/t17-/m0/s1. The number of aryl methyl sites for hydroxylation is 2. The molecule has 4 heteroatoms. The number of carboxylic acid groups (broad SMARTS) is 1. The Labute approximate surface area is 148 Å². The Morgan fingerprint density at radius 2 is 1.80 bits per heavy atom. The Morgan fingerprint density at radius 1 is 1.08 bits per heavy atom. The molecule has 1 atom stereocenters. The van der Waals surface area contributed by atoms with Gasteiger partial charge in [0.15, 0.2) is 0 Å². The smallest absolute Gasteiger partial charge is 0.335 e. The van der Waals surface area contributed by atoms with E-state index in [1.807, 2.05) is 36.9 Å². The van der Waals surface area contributed by atoms with Crippen molar-refractivity contribution < 1.29 is 14.7 Å². The fraction of sp³-hybridized carbons (Fsp3) is 0.333. The van der Waals surface area contributed by atoms with Gasteiger partial charge >= 0.3 is 5.97 Å². The minimum absolute atomic E-state index is 0.0913. The molecule has 2 aromatic rings. The van der Waals surface area contributed by atoms with Crippen molar-refractivity contribution in [1.82, 2.24) is 4.90 Å². The Balaban J connectivity index is 1.66. The van der Waals surface area contributed by atoms with Crippen molar-refractivity contribution in [1.29, 1.82) is 0 Å². The van der Waals surface area contributed by atoms with E-state index >= 15 is 0 Å². The molecule has 4 nitrogen and oxygen atoms in total. The van der Waals surface area contributed by atoms with Gasteiger partial charge in [0, 0.05) is 18.7 Å². The van der Waals surface area contributed by atoms with Crippen molar-refractivity contribution in [3.05, 3.63) is 70.3 Å². The average molecular weight is 337 g/mol. The van der Waals surface area contributed by atoms with E-state index in [9.17, 15) is 9.59 Å². The maximum absolute atomic E-state index is 12.7. The van der Waals surface area contributed by atoms with Crippen LogP contribution < -0.4 is 0 Å². The Kier molecular flexibility index (Phi) is 4.88. The van der Waals surface area contributed by atoms with E-state index in [0.717, 1.165) is 48.2 Å². The molecule has 1 amide bonds. The monoisotopic (exact) mass is 337 g/mol. The number of hydrogen-bond acceptors (Lipinski definition) is 2. The summed E-state index contributed by atoms with van der Waals surface area (Å²) in [6.45, 7) is 5.50. The van der Waals surface area contributed by atoms with Gasteiger partial charge < -0.3 is 10.0 Å². The van der Waals surface area contributed by atoms with Gasteiger partial charge in [-0.2, -0.15) is 0 Å². The molecule has 0 unspecified atom stereocenters. The maximum Gasteiger partial charge on any atom is 0.335 e. The first-order chi connectivity index (χ1) is 11.9. The number of carbonyl (C=O) groups excluding carboxylic acids is 1. The molecule has 25 heavy (non-hydrogen) atoms. The van der Waals surface area contributed by atoms with E-state index in [0.29, 0.717) is 11.5 Å². The molecule has 0 bridgehead atoms. The first-order valence-corrected chi connectivity index (χ1v) is 8.62. The van der Waals surface area contributed by atoms with Crippen LogP contribution in [0.2, 0.25) is 0 Å². The van der Waals surface area contributed by atoms with Crippen molar-refractivity contribution in [2.45, 2.75) is 26.7 Å². The highest BCUT2D eigenvalue weighted by atomic mass is 16.4. The summed E-state index contributed by atoms with van der Waals surface area (Å²) in [5.74, 6) is -0.438. The Bertz CT molecular complexity index is 792. The second-order valence-electron chi connectivity index (χ2n) is 6.99. The van der Waals surface area contributed by atoms with Crippen LogP contribution in [0.4, 0.5) is 0 Å². The van der Waals surface area contributed by atoms with Gasteiger partial charge in [-0.3, -0.25) is 4.79 Å². The third-order valence-electron chi connectivity index (χ3n) is 4.74. The van der Waals surface area contributed by atoms with Crippen LogP contribution in [0.15, 0.2) is 42.5 Å². The van der Waals surface area contributed by atoms with Gasteiger partial charge in [0.1, 0.15) is 0 Å². The fourth-order valence-electron chi connectivity index (χ4n) is 3.63. The number of likely N-dealkylation sites (tertiary alicyclic amines) is 1. The van der Waals surface area contributed by atoms with Crippen LogP contribution in [0.3, 0.4) is 0 Å². The molecule has 1 aliphatic heterocycles. The lowest BCUT2D eigenvalue weighted by atomic mass is 9.97. The fourth-order valence-corrected chi connectivity index (χ4v) is 3.63. The summed E-state index contributed by atoms with van der Waals surface area (Å²) in [5.41, 5.74) is 4.30. The number of hydrogen-bond donors (Lipinski definition) is 1. The van der Waals surface area contributed by atoms with E-state index in [1.54, 1.807) is 18.2 Å². The number of nitrogens with zero attached hydrogens (tertiary/aromatic N) is 1. The summed E-state index contributed by atoms with van der Waals surface area (Å²) < 4.78 is 0. The van der Waals surface area contributed by atoms with Gasteiger partial charge in [0.2, 0.25) is 0 Å². The summed E-state index contributed by atoms with van der Waals surface area (Å²) in [6.07, 6.45) is 1.76. The highest BCUT2D eigenvalue weighted by molar-refractivity contribution is 5.94. The molecule has 0 radical (unpaired) electrons. The average Bonchev–Trinajstić information content (AvgIpc) is 3.02. The van der Waals surface area contributed by atoms with Crippen LogP contribution in [-0.4, -0.2) is 35.0 Å². The molecule has 0 aromatic heterocycles. The number of carboxylic acids is 1. The lowest BCUT2D eigenvalue weighted by molar-refractivity contribution is 0.0696. The van der Waals surface area contributed by atoms with Crippen LogP contribution >= 0.6 is 0 Å². The van der Waals surface area contributed by atoms with E-state index in [-0.39, 0.29) is 5.91 Å². The summed E-state index contributed by atoms with van der Waals surface area (Å²) in [4.78, 5) is 25.7. The minimum Gasteiger partial charge on any atom is -0.478 e. The van der Waals surface area contributed by atoms with Crippen LogP contribution in [0.25, 0.3) is 0 Å². The second-order valence-corrected chi connectivity index (χ2v) is 6.99. The summed E-state index contributed by atoms with van der Waals surface area (Å²) in [7, 11) is 0. The third kappa shape index (κ3) is 4.08. The normalized spacial score (nSPS) is 16.9. The zero-order valence-corrected chi connectivity index (χ0v) is 14.7. The summed E-state index contributed by atoms with van der Waals surface area (Å²) >= 11 is 0. The molecular formula is C21H23NO3. The van der Waals surface area contributed by atoms with E-state index in [2.05, 4.69) is 6.07 Å². The van der Waals surface area contributed by atoms with Gasteiger partial charge in [0.05, 0.1) is 5.56 Å². The number of rotatable bonds is 4. The molecule has 0 spiro atoms.